The molecule has 4 N–H and O–H groups in total. The lowest BCUT2D eigenvalue weighted by atomic mass is 10.1. The van der Waals surface area contributed by atoms with Crippen LogP contribution in [0.5, 0.6) is 0 Å². The Kier molecular flexibility index (Phi) is 3.05. The molecule has 102 valence electrons. The number of nitrogens with zero attached hydrogens (tertiary/aromatic N) is 5. The summed E-state index contributed by atoms with van der Waals surface area (Å²) in [6, 6.07) is 0. The zero-order chi connectivity index (χ0) is 13.4. The van der Waals surface area contributed by atoms with Crippen LogP contribution in [0.15, 0.2) is 12.7 Å². The quantitative estimate of drug-likeness (QED) is 0.628. The number of nitrogen functional groups attached to an aromatic ring is 1. The van der Waals surface area contributed by atoms with Crippen LogP contribution in [0, 0.1) is 5.92 Å². The van der Waals surface area contributed by atoms with E-state index in [-0.39, 0.29) is 12.5 Å². The van der Waals surface area contributed by atoms with Gasteiger partial charge in [-0.05, 0) is 0 Å². The van der Waals surface area contributed by atoms with Crippen molar-refractivity contribution < 1.29 is 10.2 Å². The fourth-order valence-electron chi connectivity index (χ4n) is 2.45. The third-order valence-electron chi connectivity index (χ3n) is 3.50. The second-order valence-corrected chi connectivity index (χ2v) is 4.83. The molecule has 0 radical (unpaired) electrons. The van der Waals surface area contributed by atoms with Crippen molar-refractivity contribution in [3.63, 3.8) is 0 Å². The summed E-state index contributed by atoms with van der Waals surface area (Å²) in [7, 11) is 0. The number of nitrogens with two attached hydrogens (primary N) is 1. The van der Waals surface area contributed by atoms with E-state index in [4.69, 9.17) is 10.8 Å². The number of likely N-dealkylation sites (tertiary alicyclic amines) is 1. The highest BCUT2D eigenvalue weighted by atomic mass is 16.3. The van der Waals surface area contributed by atoms with Crippen LogP contribution in [0.25, 0.3) is 11.2 Å². The largest absolute Gasteiger partial charge is 0.396 e. The first kappa shape index (κ1) is 12.3. The van der Waals surface area contributed by atoms with Gasteiger partial charge in [0.05, 0.1) is 19.1 Å². The average Bonchev–Trinajstić information content (AvgIpc) is 2.95. The van der Waals surface area contributed by atoms with Crippen molar-refractivity contribution in [2.75, 3.05) is 25.4 Å². The molecule has 0 bridgehead atoms. The molecule has 8 nitrogen and oxygen atoms in total. The van der Waals surface area contributed by atoms with E-state index in [1.54, 1.807) is 6.33 Å². The minimum absolute atomic E-state index is 0.00252. The summed E-state index contributed by atoms with van der Waals surface area (Å²) in [6.07, 6.45) is 2.58. The predicted octanol–water partition coefficient (Wildman–Crippen LogP) is -1.35. The van der Waals surface area contributed by atoms with Crippen molar-refractivity contribution in [1.29, 1.82) is 0 Å². The SMILES string of the molecule is Nc1ncnc2c1ncn2CN1C[C@H](CO)[C@@H](O)C1. The molecule has 3 heterocycles. The molecule has 3 rings (SSSR count). The van der Waals surface area contributed by atoms with Gasteiger partial charge < -0.3 is 20.5 Å². The Morgan fingerprint density at radius 1 is 1.32 bits per heavy atom. The van der Waals surface area contributed by atoms with Crippen molar-refractivity contribution in [1.82, 2.24) is 24.4 Å². The lowest BCUT2D eigenvalue weighted by molar-refractivity contribution is 0.103. The highest BCUT2D eigenvalue weighted by Gasteiger charge is 2.30. The summed E-state index contributed by atoms with van der Waals surface area (Å²) in [6.45, 7) is 1.74. The molecule has 0 spiro atoms. The van der Waals surface area contributed by atoms with Crippen LogP contribution >= 0.6 is 0 Å². The van der Waals surface area contributed by atoms with E-state index in [9.17, 15) is 5.11 Å². The molecule has 2 aromatic rings. The maximum Gasteiger partial charge on any atom is 0.166 e. The lowest BCUT2D eigenvalue weighted by Crippen LogP contribution is -2.24. The summed E-state index contributed by atoms with van der Waals surface area (Å²) < 4.78 is 1.86. The molecular weight excluding hydrogens is 248 g/mol. The Balaban J connectivity index is 1.81. The first-order valence-electron chi connectivity index (χ1n) is 6.11. The fourth-order valence-corrected chi connectivity index (χ4v) is 2.45. The van der Waals surface area contributed by atoms with E-state index >= 15 is 0 Å². The molecule has 1 aliphatic heterocycles. The van der Waals surface area contributed by atoms with Crippen molar-refractivity contribution in [3.8, 4) is 0 Å². The normalized spacial score (nSPS) is 24.3. The number of fused-ring (bicyclic) bond motifs is 1. The lowest BCUT2D eigenvalue weighted by Gasteiger charge is -2.15. The third-order valence-corrected chi connectivity index (χ3v) is 3.50. The second-order valence-electron chi connectivity index (χ2n) is 4.83. The molecule has 1 fully saturated rings. The van der Waals surface area contributed by atoms with Crippen molar-refractivity contribution in [2.45, 2.75) is 12.8 Å². The number of hydrogen-bond donors (Lipinski definition) is 3. The molecule has 0 aromatic carbocycles. The monoisotopic (exact) mass is 264 g/mol. The van der Waals surface area contributed by atoms with Crippen LogP contribution in [-0.2, 0) is 6.67 Å². The van der Waals surface area contributed by atoms with Gasteiger partial charge in [-0.2, -0.15) is 0 Å². The van der Waals surface area contributed by atoms with Gasteiger partial charge in [-0.3, -0.25) is 4.90 Å². The van der Waals surface area contributed by atoms with Gasteiger partial charge in [-0.1, -0.05) is 0 Å². The van der Waals surface area contributed by atoms with E-state index in [1.807, 2.05) is 9.47 Å². The number of imidazole rings is 1. The van der Waals surface area contributed by atoms with Crippen molar-refractivity contribution in [3.05, 3.63) is 12.7 Å². The summed E-state index contributed by atoms with van der Waals surface area (Å²) in [5.41, 5.74) is 6.99. The summed E-state index contributed by atoms with van der Waals surface area (Å²) in [5, 5.41) is 18.9. The van der Waals surface area contributed by atoms with Crippen LogP contribution in [0.4, 0.5) is 5.82 Å². The smallest absolute Gasteiger partial charge is 0.166 e. The van der Waals surface area contributed by atoms with Gasteiger partial charge in [0.25, 0.3) is 0 Å². The number of β-amino-alcohol motifs (C(OH)–C–C–N with tert-alkyl or cyclic N) is 1. The minimum Gasteiger partial charge on any atom is -0.396 e. The van der Waals surface area contributed by atoms with Crippen LogP contribution in [0.3, 0.4) is 0 Å². The van der Waals surface area contributed by atoms with Gasteiger partial charge >= 0.3 is 0 Å². The van der Waals surface area contributed by atoms with E-state index in [1.165, 1.54) is 6.33 Å². The molecule has 0 amide bonds. The van der Waals surface area contributed by atoms with E-state index in [0.717, 1.165) is 0 Å². The zero-order valence-electron chi connectivity index (χ0n) is 10.3. The van der Waals surface area contributed by atoms with Crippen molar-refractivity contribution >= 4 is 17.0 Å². The number of aromatic nitrogens is 4. The minimum atomic E-state index is -0.487. The number of anilines is 1. The fraction of sp³-hybridized carbons (Fsp3) is 0.545. The number of rotatable bonds is 3. The molecule has 2 aromatic heterocycles. The van der Waals surface area contributed by atoms with Gasteiger partial charge in [0, 0.05) is 25.6 Å². The average molecular weight is 264 g/mol. The first-order valence-corrected chi connectivity index (χ1v) is 6.11. The molecule has 2 atom stereocenters. The second kappa shape index (κ2) is 4.72. The van der Waals surface area contributed by atoms with Gasteiger partial charge in [-0.15, -0.1) is 0 Å². The van der Waals surface area contributed by atoms with Crippen LogP contribution in [0.1, 0.15) is 0 Å². The van der Waals surface area contributed by atoms with E-state index < -0.39 is 6.10 Å². The number of hydrogen-bond acceptors (Lipinski definition) is 7. The molecule has 8 heteroatoms. The molecular formula is C11H16N6O2. The topological polar surface area (TPSA) is 113 Å². The van der Waals surface area contributed by atoms with Crippen LogP contribution in [-0.4, -0.2) is 60.4 Å². The maximum absolute atomic E-state index is 9.77. The molecule has 0 unspecified atom stereocenters. The Morgan fingerprint density at radius 3 is 2.89 bits per heavy atom. The van der Waals surface area contributed by atoms with Crippen molar-refractivity contribution in [2.24, 2.45) is 5.92 Å². The van der Waals surface area contributed by atoms with Gasteiger partial charge in [-0.25, -0.2) is 15.0 Å². The number of aliphatic hydroxyl groups is 2. The molecule has 1 saturated heterocycles. The molecule has 19 heavy (non-hydrogen) atoms. The Morgan fingerprint density at radius 2 is 2.16 bits per heavy atom. The van der Waals surface area contributed by atoms with Gasteiger partial charge in [0.15, 0.2) is 11.5 Å². The van der Waals surface area contributed by atoms with Gasteiger partial charge in [0.2, 0.25) is 0 Å². The summed E-state index contributed by atoms with van der Waals surface area (Å²) >= 11 is 0. The zero-order valence-corrected chi connectivity index (χ0v) is 10.3. The standard InChI is InChI=1S/C11H16N6O2/c12-10-9-11(14-4-13-10)17(5-15-9)6-16-1-7(3-18)8(19)2-16/h4-5,7-8,18-19H,1-3,6H2,(H2,12,13,14)/t7-,8+/m1/s1. The molecule has 0 aliphatic carbocycles. The first-order chi connectivity index (χ1) is 9.19. The summed E-state index contributed by atoms with van der Waals surface area (Å²) in [5.74, 6) is 0.271. The number of aliphatic hydroxyl groups excluding tert-OH is 2. The highest BCUT2D eigenvalue weighted by Crippen LogP contribution is 2.19. The molecule has 0 saturated carbocycles. The third kappa shape index (κ3) is 2.14. The predicted molar refractivity (Wildman–Crippen MR) is 67.9 cm³/mol. The Labute approximate surface area is 109 Å². The van der Waals surface area contributed by atoms with E-state index in [0.29, 0.717) is 36.7 Å². The molecule has 1 aliphatic rings. The van der Waals surface area contributed by atoms with Crippen LogP contribution < -0.4 is 5.73 Å². The van der Waals surface area contributed by atoms with Crippen LogP contribution in [0.2, 0.25) is 0 Å². The summed E-state index contributed by atoms with van der Waals surface area (Å²) in [4.78, 5) is 14.3. The van der Waals surface area contributed by atoms with E-state index in [2.05, 4.69) is 15.0 Å². The maximum atomic E-state index is 9.77. The van der Waals surface area contributed by atoms with Gasteiger partial charge in [0.1, 0.15) is 11.8 Å². The Bertz CT molecular complexity index is 586. The highest BCUT2D eigenvalue weighted by molar-refractivity contribution is 5.80. The Hall–Kier alpha value is -1.77.